The molecule has 5 aromatic rings. The average molecular weight is 870 g/mol. The number of aliphatic carboxylic acids is 1. The largest absolute Gasteiger partial charge is 0.480 e. The number of anilines is 2. The van der Waals surface area contributed by atoms with E-state index in [2.05, 4.69) is 10.3 Å². The number of aryl methyl sites for hydroxylation is 1. The molecule has 0 aliphatic carbocycles. The van der Waals surface area contributed by atoms with Gasteiger partial charge in [0.2, 0.25) is 0 Å². The Morgan fingerprint density at radius 1 is 0.839 bits per heavy atom. The highest BCUT2D eigenvalue weighted by atomic mass is 19.4. The highest BCUT2D eigenvalue weighted by Gasteiger charge is 2.37. The van der Waals surface area contributed by atoms with Crippen molar-refractivity contribution >= 4 is 40.1 Å². The fourth-order valence-corrected chi connectivity index (χ4v) is 8.07. The quantitative estimate of drug-likeness (QED) is 0.125. The molecule has 2 saturated heterocycles. The van der Waals surface area contributed by atoms with Gasteiger partial charge in [-0.05, 0) is 88.4 Å². The number of fused-ring (bicyclic) bond motifs is 1. The molecule has 11 nitrogen and oxygen atoms in total. The predicted octanol–water partition coefficient (Wildman–Crippen LogP) is 8.27. The van der Waals surface area contributed by atoms with Crippen LogP contribution in [0.5, 0.6) is 0 Å². The number of halogens is 7. The summed E-state index contributed by atoms with van der Waals surface area (Å²) in [6.45, 7) is 6.62. The minimum atomic E-state index is -4.86. The standard InChI is InChI=1S/C32H29F5N4O4.C12H13F2NO2/c1-16-6-5-11-41(16)19-14-23(33)27(24(34)15-19)29(42)39-25(31(44)45)13-18-8-9-21(28-20(18)7-4-10-38-28)26-22(32(35,36)37)12-17(2)40(3)30(26)43;1-7-3-2-4-15(7)8-5-9(13)11(12(16)17)10(14)6-8/h4,7-10,12,14-16,25H,5-6,11,13H2,1-3H3,(H,39,42)(H,44,45);5-7H,2-4H2,1H3,(H,16,17)/t16-,25-;7-/m00/s1. The van der Waals surface area contributed by atoms with Crippen LogP contribution in [0.3, 0.4) is 0 Å². The minimum Gasteiger partial charge on any atom is -0.480 e. The number of aromatic carboxylic acids is 1. The van der Waals surface area contributed by atoms with E-state index in [4.69, 9.17) is 5.11 Å². The van der Waals surface area contributed by atoms with Gasteiger partial charge in [-0.15, -0.1) is 0 Å². The molecule has 4 heterocycles. The Balaban J connectivity index is 0.000000314. The molecule has 0 saturated carbocycles. The third-order valence-corrected chi connectivity index (χ3v) is 11.4. The second-order valence-electron chi connectivity index (χ2n) is 15.4. The zero-order valence-electron chi connectivity index (χ0n) is 33.9. The molecule has 2 fully saturated rings. The monoisotopic (exact) mass is 869 g/mol. The summed E-state index contributed by atoms with van der Waals surface area (Å²) in [5, 5.41) is 21.0. The van der Waals surface area contributed by atoms with Crippen LogP contribution in [0.15, 0.2) is 65.6 Å². The molecule has 7 rings (SSSR count). The van der Waals surface area contributed by atoms with E-state index >= 15 is 8.78 Å². The molecule has 328 valence electrons. The summed E-state index contributed by atoms with van der Waals surface area (Å²) >= 11 is 0. The molecule has 1 amide bonds. The van der Waals surface area contributed by atoms with Crippen molar-refractivity contribution in [3.63, 3.8) is 0 Å². The molecule has 0 spiro atoms. The number of carbonyl (C=O) groups is 3. The van der Waals surface area contributed by atoms with Crippen LogP contribution in [0.2, 0.25) is 0 Å². The third-order valence-electron chi connectivity index (χ3n) is 11.4. The fourth-order valence-electron chi connectivity index (χ4n) is 8.07. The molecule has 2 aliphatic rings. The number of benzene rings is 3. The first kappa shape index (κ1) is 45.1. The summed E-state index contributed by atoms with van der Waals surface area (Å²) < 4.78 is 100. The van der Waals surface area contributed by atoms with Gasteiger partial charge < -0.3 is 29.9 Å². The van der Waals surface area contributed by atoms with Crippen LogP contribution in [0.25, 0.3) is 22.0 Å². The van der Waals surface area contributed by atoms with E-state index in [0.717, 1.165) is 67.1 Å². The predicted molar refractivity (Wildman–Crippen MR) is 217 cm³/mol. The number of rotatable bonds is 9. The lowest BCUT2D eigenvalue weighted by Gasteiger charge is -2.24. The SMILES string of the molecule is C[C@H]1CCCN1c1cc(F)c(C(=O)O)c(F)c1.Cc1cc(C(F)(F)F)c(-c2ccc(C[C@H](NC(=O)c3c(F)cc(N4CCC[C@@H]4C)cc3F)C(=O)O)c3cccnc23)c(=O)n1C. The summed E-state index contributed by atoms with van der Waals surface area (Å²) in [6.07, 6.45) is -0.299. The Morgan fingerprint density at radius 3 is 1.84 bits per heavy atom. The number of hydrogen-bond donors (Lipinski definition) is 3. The number of carboxylic acid groups (broad SMARTS) is 2. The Labute approximate surface area is 350 Å². The summed E-state index contributed by atoms with van der Waals surface area (Å²) in [4.78, 5) is 56.9. The Kier molecular flexibility index (Phi) is 13.0. The maximum absolute atomic E-state index is 15.0. The van der Waals surface area contributed by atoms with E-state index in [1.165, 1.54) is 44.4 Å². The topological polar surface area (TPSA) is 145 Å². The number of carbonyl (C=O) groups excluding carboxylic acids is 1. The molecular formula is C44H42F7N5O6. The van der Waals surface area contributed by atoms with Crippen LogP contribution < -0.4 is 20.7 Å². The summed E-state index contributed by atoms with van der Waals surface area (Å²) in [5.74, 6) is -8.72. The highest BCUT2D eigenvalue weighted by Crippen LogP contribution is 2.39. The maximum Gasteiger partial charge on any atom is 0.417 e. The maximum atomic E-state index is 15.0. The van der Waals surface area contributed by atoms with Crippen molar-refractivity contribution in [1.82, 2.24) is 14.9 Å². The highest BCUT2D eigenvalue weighted by molar-refractivity contribution is 5.99. The van der Waals surface area contributed by atoms with Gasteiger partial charge in [-0.25, -0.2) is 27.2 Å². The number of carboxylic acids is 2. The van der Waals surface area contributed by atoms with Gasteiger partial charge in [-0.1, -0.05) is 18.2 Å². The van der Waals surface area contributed by atoms with Gasteiger partial charge in [-0.3, -0.25) is 14.6 Å². The van der Waals surface area contributed by atoms with Gasteiger partial charge in [0.15, 0.2) is 0 Å². The Hall–Kier alpha value is -6.46. The third kappa shape index (κ3) is 9.09. The fraction of sp³-hybridized carbons (Fsp3) is 0.341. The zero-order valence-corrected chi connectivity index (χ0v) is 33.9. The lowest BCUT2D eigenvalue weighted by molar-refractivity contribution is -0.139. The molecular weight excluding hydrogens is 827 g/mol. The first-order valence-corrected chi connectivity index (χ1v) is 19.6. The number of nitrogens with zero attached hydrogens (tertiary/aromatic N) is 4. The van der Waals surface area contributed by atoms with E-state index in [0.29, 0.717) is 12.2 Å². The Bertz CT molecular complexity index is 2590. The van der Waals surface area contributed by atoms with Crippen LogP contribution >= 0.6 is 0 Å². The molecule has 2 aliphatic heterocycles. The van der Waals surface area contributed by atoms with Gasteiger partial charge in [0.05, 0.1) is 16.6 Å². The van der Waals surface area contributed by atoms with Gasteiger partial charge in [-0.2, -0.15) is 13.2 Å². The molecule has 2 aromatic heterocycles. The lowest BCUT2D eigenvalue weighted by Crippen LogP contribution is -2.43. The minimum absolute atomic E-state index is 0.000683. The van der Waals surface area contributed by atoms with Crippen molar-refractivity contribution in [3.05, 3.63) is 122 Å². The van der Waals surface area contributed by atoms with E-state index in [1.54, 1.807) is 0 Å². The summed E-state index contributed by atoms with van der Waals surface area (Å²) in [7, 11) is 1.34. The number of pyridine rings is 2. The van der Waals surface area contributed by atoms with Crippen LogP contribution in [-0.2, 0) is 24.4 Å². The van der Waals surface area contributed by atoms with Gasteiger partial charge in [0.25, 0.3) is 11.5 Å². The molecule has 0 unspecified atom stereocenters. The summed E-state index contributed by atoms with van der Waals surface area (Å²) in [6, 6.07) is 9.29. The van der Waals surface area contributed by atoms with Crippen molar-refractivity contribution in [1.29, 1.82) is 0 Å². The normalized spacial score (nSPS) is 16.9. The second-order valence-corrected chi connectivity index (χ2v) is 15.4. The molecule has 18 heteroatoms. The number of hydrogen-bond acceptors (Lipinski definition) is 7. The van der Waals surface area contributed by atoms with Crippen molar-refractivity contribution in [2.75, 3.05) is 22.9 Å². The zero-order chi connectivity index (χ0) is 45.4. The molecule has 3 atom stereocenters. The van der Waals surface area contributed by atoms with Gasteiger partial charge >= 0.3 is 18.1 Å². The van der Waals surface area contributed by atoms with E-state index in [1.807, 2.05) is 23.6 Å². The first-order chi connectivity index (χ1) is 29.2. The van der Waals surface area contributed by atoms with Crippen LogP contribution in [0, 0.1) is 30.2 Å². The lowest BCUT2D eigenvalue weighted by atomic mass is 9.93. The smallest absolute Gasteiger partial charge is 0.417 e. The van der Waals surface area contributed by atoms with Gasteiger partial charge in [0.1, 0.15) is 40.4 Å². The number of aromatic nitrogens is 2. The first-order valence-electron chi connectivity index (χ1n) is 19.6. The van der Waals surface area contributed by atoms with E-state index < -0.39 is 87.6 Å². The van der Waals surface area contributed by atoms with E-state index in [9.17, 15) is 46.2 Å². The molecule has 0 bridgehead atoms. The van der Waals surface area contributed by atoms with Crippen molar-refractivity contribution in [2.24, 2.45) is 7.05 Å². The summed E-state index contributed by atoms with van der Waals surface area (Å²) in [5.41, 5.74) is -3.56. The molecule has 62 heavy (non-hydrogen) atoms. The average Bonchev–Trinajstić information content (AvgIpc) is 3.83. The molecule has 3 N–H and O–H groups in total. The van der Waals surface area contributed by atoms with Crippen LogP contribution in [0.4, 0.5) is 42.1 Å². The van der Waals surface area contributed by atoms with Gasteiger partial charge in [0, 0.05) is 72.9 Å². The Morgan fingerprint density at radius 2 is 1.37 bits per heavy atom. The number of nitrogens with one attached hydrogen (secondary N) is 1. The second kappa shape index (κ2) is 17.9. The molecule has 3 aromatic carbocycles. The number of amides is 1. The van der Waals surface area contributed by atoms with Crippen LogP contribution in [-0.4, -0.2) is 68.8 Å². The van der Waals surface area contributed by atoms with Crippen molar-refractivity contribution in [2.45, 2.75) is 77.2 Å². The van der Waals surface area contributed by atoms with Crippen LogP contribution in [0.1, 0.15) is 77.1 Å². The number of alkyl halides is 3. The van der Waals surface area contributed by atoms with Crippen molar-refractivity contribution in [3.8, 4) is 11.1 Å². The van der Waals surface area contributed by atoms with Crippen molar-refractivity contribution < 1.29 is 55.3 Å². The van der Waals surface area contributed by atoms with E-state index in [-0.39, 0.29) is 45.5 Å². The molecule has 0 radical (unpaired) electrons.